The van der Waals surface area contributed by atoms with Crippen LogP contribution in [0.5, 0.6) is 0 Å². The van der Waals surface area contributed by atoms with E-state index < -0.39 is 0 Å². The highest BCUT2D eigenvalue weighted by atomic mass is 16.5. The van der Waals surface area contributed by atoms with E-state index in [0.717, 1.165) is 37.0 Å². The molecule has 0 saturated heterocycles. The molecule has 2 heterocycles. The number of carbonyl (C=O) groups is 1. The summed E-state index contributed by atoms with van der Waals surface area (Å²) in [6.07, 6.45) is 9.24. The summed E-state index contributed by atoms with van der Waals surface area (Å²) >= 11 is 0. The van der Waals surface area contributed by atoms with Gasteiger partial charge >= 0.3 is 5.97 Å². The van der Waals surface area contributed by atoms with E-state index in [4.69, 9.17) is 4.74 Å². The molecule has 5 heteroatoms. The van der Waals surface area contributed by atoms with Crippen molar-refractivity contribution in [3.8, 4) is 0 Å². The Hall–Kier alpha value is -1.88. The average molecular weight is 330 g/mol. The summed E-state index contributed by atoms with van der Waals surface area (Å²) in [6.45, 7) is 6.01. The summed E-state index contributed by atoms with van der Waals surface area (Å²) in [5, 5.41) is 10.8. The van der Waals surface area contributed by atoms with Crippen molar-refractivity contribution in [1.82, 2.24) is 9.55 Å². The van der Waals surface area contributed by atoms with Crippen LogP contribution < -0.4 is 0 Å². The van der Waals surface area contributed by atoms with Gasteiger partial charge in [-0.3, -0.25) is 4.79 Å². The third-order valence-corrected chi connectivity index (χ3v) is 5.72. The minimum Gasteiger partial charge on any atom is -0.469 e. The van der Waals surface area contributed by atoms with E-state index in [0.29, 0.717) is 6.42 Å². The van der Waals surface area contributed by atoms with Crippen molar-refractivity contribution in [3.05, 3.63) is 36.4 Å². The molecule has 0 spiro atoms. The van der Waals surface area contributed by atoms with Crippen molar-refractivity contribution in [1.29, 1.82) is 0 Å². The van der Waals surface area contributed by atoms with Gasteiger partial charge in [0.2, 0.25) is 0 Å². The second-order valence-corrected chi connectivity index (χ2v) is 6.94. The number of rotatable bonds is 5. The number of ether oxygens (including phenoxy) is 1. The molecule has 2 atom stereocenters. The third kappa shape index (κ3) is 2.93. The minimum atomic E-state index is -0.372. The fraction of sp³-hybridized carbons (Fsp3) is 0.579. The van der Waals surface area contributed by atoms with Gasteiger partial charge in [-0.2, -0.15) is 0 Å². The van der Waals surface area contributed by atoms with Crippen LogP contribution in [0.25, 0.3) is 5.57 Å². The number of aliphatic hydroxyl groups is 1. The molecule has 0 aromatic carbocycles. The van der Waals surface area contributed by atoms with Gasteiger partial charge in [0.05, 0.1) is 43.4 Å². The van der Waals surface area contributed by atoms with Gasteiger partial charge in [0, 0.05) is 5.57 Å². The summed E-state index contributed by atoms with van der Waals surface area (Å²) in [5.74, 6) is 0.133. The Labute approximate surface area is 143 Å². The molecule has 1 aromatic heterocycles. The van der Waals surface area contributed by atoms with Crippen molar-refractivity contribution in [2.75, 3.05) is 7.11 Å². The largest absolute Gasteiger partial charge is 0.469 e. The van der Waals surface area contributed by atoms with Gasteiger partial charge in [-0.1, -0.05) is 12.7 Å². The summed E-state index contributed by atoms with van der Waals surface area (Å²) in [6, 6.07) is 0.142. The number of methoxy groups -OCH3 is 1. The van der Waals surface area contributed by atoms with Gasteiger partial charge in [-0.25, -0.2) is 4.98 Å². The minimum absolute atomic E-state index is 0.000757. The lowest BCUT2D eigenvalue weighted by molar-refractivity contribution is -0.147. The molecule has 1 aliphatic carbocycles. The molecule has 5 nitrogen and oxygen atoms in total. The predicted octanol–water partition coefficient (Wildman–Crippen LogP) is 3.13. The van der Waals surface area contributed by atoms with Gasteiger partial charge in [0.15, 0.2) is 0 Å². The quantitative estimate of drug-likeness (QED) is 0.843. The van der Waals surface area contributed by atoms with E-state index in [-0.39, 0.29) is 30.0 Å². The summed E-state index contributed by atoms with van der Waals surface area (Å²) in [4.78, 5) is 15.9. The first-order valence-corrected chi connectivity index (χ1v) is 8.68. The molecule has 0 amide bonds. The molecule has 0 radical (unpaired) electrons. The number of nitrogens with zero attached hydrogens (tertiary/aromatic N) is 2. The Balaban J connectivity index is 1.64. The van der Waals surface area contributed by atoms with Gasteiger partial charge in [-0.05, 0) is 50.5 Å². The topological polar surface area (TPSA) is 64.3 Å². The molecule has 24 heavy (non-hydrogen) atoms. The van der Waals surface area contributed by atoms with Crippen LogP contribution >= 0.6 is 0 Å². The average Bonchev–Trinajstić information content (AvgIpc) is 3.16. The Morgan fingerprint density at radius 3 is 2.83 bits per heavy atom. The van der Waals surface area contributed by atoms with Gasteiger partial charge < -0.3 is 14.4 Å². The molecular formula is C19H26N2O3. The van der Waals surface area contributed by atoms with Crippen molar-refractivity contribution >= 4 is 11.5 Å². The van der Waals surface area contributed by atoms with Crippen molar-refractivity contribution < 1.29 is 14.6 Å². The SMILES string of the molecule is C=CC1=C(C)C(CC(O)C2CCC(C(=O)OC)CC2)n2cncc21. The molecule has 0 bridgehead atoms. The highest BCUT2D eigenvalue weighted by Gasteiger charge is 2.34. The Morgan fingerprint density at radius 1 is 1.50 bits per heavy atom. The normalized spacial score (nSPS) is 27.7. The lowest BCUT2D eigenvalue weighted by atomic mass is 9.78. The highest BCUT2D eigenvalue weighted by Crippen LogP contribution is 2.41. The maximum Gasteiger partial charge on any atom is 0.308 e. The zero-order valence-electron chi connectivity index (χ0n) is 14.4. The Bertz CT molecular complexity index is 653. The zero-order chi connectivity index (χ0) is 17.3. The van der Waals surface area contributed by atoms with Crippen LogP contribution in [0.2, 0.25) is 0 Å². The van der Waals surface area contributed by atoms with E-state index in [1.54, 1.807) is 0 Å². The first-order valence-electron chi connectivity index (χ1n) is 8.68. The van der Waals surface area contributed by atoms with Crippen LogP contribution in [-0.4, -0.2) is 33.8 Å². The van der Waals surface area contributed by atoms with E-state index >= 15 is 0 Å². The maximum absolute atomic E-state index is 11.6. The predicted molar refractivity (Wildman–Crippen MR) is 92.1 cm³/mol. The van der Waals surface area contributed by atoms with E-state index in [1.165, 1.54) is 12.7 Å². The lowest BCUT2D eigenvalue weighted by Crippen LogP contribution is -2.30. The first-order chi connectivity index (χ1) is 11.6. The highest BCUT2D eigenvalue weighted by molar-refractivity contribution is 5.77. The molecule has 2 aliphatic rings. The summed E-state index contributed by atoms with van der Waals surface area (Å²) in [7, 11) is 1.44. The monoisotopic (exact) mass is 330 g/mol. The molecule has 1 saturated carbocycles. The number of esters is 1. The van der Waals surface area contributed by atoms with E-state index in [1.807, 2.05) is 18.6 Å². The number of hydrogen-bond acceptors (Lipinski definition) is 4. The van der Waals surface area contributed by atoms with Crippen molar-refractivity contribution in [2.24, 2.45) is 11.8 Å². The van der Waals surface area contributed by atoms with Crippen LogP contribution in [0.4, 0.5) is 0 Å². The van der Waals surface area contributed by atoms with Gasteiger partial charge in [0.1, 0.15) is 0 Å². The second kappa shape index (κ2) is 6.93. The number of carbonyl (C=O) groups excluding carboxylic acids is 1. The molecule has 2 unspecified atom stereocenters. The smallest absolute Gasteiger partial charge is 0.308 e. The molecule has 1 fully saturated rings. The lowest BCUT2D eigenvalue weighted by Gasteiger charge is -2.32. The van der Waals surface area contributed by atoms with E-state index in [9.17, 15) is 9.90 Å². The molecule has 3 rings (SSSR count). The Kier molecular flexibility index (Phi) is 4.90. The molecule has 1 N–H and O–H groups in total. The van der Waals surface area contributed by atoms with Crippen LogP contribution in [0, 0.1) is 11.8 Å². The van der Waals surface area contributed by atoms with Crippen LogP contribution in [-0.2, 0) is 9.53 Å². The fourth-order valence-electron chi connectivity index (χ4n) is 4.24. The number of allylic oxidation sites excluding steroid dienone is 3. The van der Waals surface area contributed by atoms with Crippen LogP contribution in [0.3, 0.4) is 0 Å². The third-order valence-electron chi connectivity index (χ3n) is 5.72. The van der Waals surface area contributed by atoms with Crippen LogP contribution in [0.1, 0.15) is 50.8 Å². The molecule has 1 aromatic rings. The van der Waals surface area contributed by atoms with Crippen molar-refractivity contribution in [2.45, 2.75) is 51.2 Å². The number of fused-ring (bicyclic) bond motifs is 1. The Morgan fingerprint density at radius 2 is 2.21 bits per heavy atom. The molecule has 130 valence electrons. The summed E-state index contributed by atoms with van der Waals surface area (Å²) < 4.78 is 6.97. The number of aromatic nitrogens is 2. The van der Waals surface area contributed by atoms with E-state index in [2.05, 4.69) is 23.1 Å². The first kappa shape index (κ1) is 17.0. The standard InChI is InChI=1S/C19H26N2O3/c1-4-15-12(2)16(21-11-20-10-17(15)21)9-18(22)13-5-7-14(8-6-13)19(23)24-3/h4,10-11,13-14,16,18,22H,1,5-9H2,2-3H3. The van der Waals surface area contributed by atoms with Gasteiger partial charge in [0.25, 0.3) is 0 Å². The molecular weight excluding hydrogens is 304 g/mol. The summed E-state index contributed by atoms with van der Waals surface area (Å²) in [5.41, 5.74) is 3.44. The van der Waals surface area contributed by atoms with Crippen molar-refractivity contribution in [3.63, 3.8) is 0 Å². The second-order valence-electron chi connectivity index (χ2n) is 6.94. The maximum atomic E-state index is 11.6. The number of imidazole rings is 1. The zero-order valence-corrected chi connectivity index (χ0v) is 14.4. The van der Waals surface area contributed by atoms with Gasteiger partial charge in [-0.15, -0.1) is 0 Å². The number of hydrogen-bond donors (Lipinski definition) is 1. The number of aliphatic hydroxyl groups excluding tert-OH is 1. The molecule has 1 aliphatic heterocycles. The van der Waals surface area contributed by atoms with Crippen LogP contribution in [0.15, 0.2) is 30.8 Å². The fourth-order valence-corrected chi connectivity index (χ4v) is 4.24.